The van der Waals surface area contributed by atoms with Gasteiger partial charge in [0.05, 0.1) is 0 Å². The molecule has 0 atom stereocenters. The minimum absolute atomic E-state index is 0.330. The van der Waals surface area contributed by atoms with E-state index in [-0.39, 0.29) is 0 Å². The summed E-state index contributed by atoms with van der Waals surface area (Å²) in [5, 5.41) is 0. The second-order valence-electron chi connectivity index (χ2n) is 5.30. The Kier molecular flexibility index (Phi) is 3.01. The molecule has 2 heterocycles. The van der Waals surface area contributed by atoms with Crippen molar-refractivity contribution in [3.63, 3.8) is 0 Å². The van der Waals surface area contributed by atoms with E-state index in [1.54, 1.807) is 7.05 Å². The molecule has 0 unspecified atom stereocenters. The second kappa shape index (κ2) is 4.73. The Balaban J connectivity index is 2.07. The van der Waals surface area contributed by atoms with Gasteiger partial charge in [-0.25, -0.2) is 9.78 Å². The lowest BCUT2D eigenvalue weighted by Crippen LogP contribution is -2.28. The molecule has 0 aliphatic heterocycles. The van der Waals surface area contributed by atoms with Crippen LogP contribution in [0.1, 0.15) is 22.5 Å². The number of H-pyrrole nitrogens is 2. The Morgan fingerprint density at radius 2 is 1.90 bits per heavy atom. The number of rotatable bonds is 2. The van der Waals surface area contributed by atoms with Crippen molar-refractivity contribution in [2.24, 2.45) is 7.05 Å². The molecule has 0 fully saturated rings. The predicted molar refractivity (Wildman–Crippen MR) is 80.7 cm³/mol. The number of benzene rings is 1. The van der Waals surface area contributed by atoms with Gasteiger partial charge in [0.2, 0.25) is 0 Å². The molecule has 2 aromatic heterocycles. The van der Waals surface area contributed by atoms with Crippen LogP contribution >= 0.6 is 0 Å². The van der Waals surface area contributed by atoms with Crippen molar-refractivity contribution >= 4 is 11.2 Å². The molecule has 0 amide bonds. The number of aromatic nitrogens is 4. The monoisotopic (exact) mass is 284 g/mol. The van der Waals surface area contributed by atoms with Crippen LogP contribution in [-0.2, 0) is 13.5 Å². The maximum absolute atomic E-state index is 11.8. The molecule has 2 N–H and O–H groups in total. The highest BCUT2D eigenvalue weighted by atomic mass is 16.2. The maximum atomic E-state index is 11.8. The number of hydrogen-bond donors (Lipinski definition) is 2. The van der Waals surface area contributed by atoms with Gasteiger partial charge in [0.25, 0.3) is 5.56 Å². The van der Waals surface area contributed by atoms with E-state index in [1.165, 1.54) is 15.7 Å². The van der Waals surface area contributed by atoms with Crippen molar-refractivity contribution in [3.05, 3.63) is 61.6 Å². The van der Waals surface area contributed by atoms with Gasteiger partial charge in [-0.15, -0.1) is 0 Å². The summed E-state index contributed by atoms with van der Waals surface area (Å²) >= 11 is 0. The highest BCUT2D eigenvalue weighted by molar-refractivity contribution is 5.69. The standard InChI is InChI=1S/C15H16N4O2/c1-8-4-5-10(6-9(8)2)7-11-16-12-13(17-11)19(3)15(21)18-14(12)20/h4-6H,7H2,1-3H3,(H,16,17)(H,18,20,21). The second-order valence-corrected chi connectivity index (χ2v) is 5.30. The molecule has 3 rings (SSSR count). The van der Waals surface area contributed by atoms with Gasteiger partial charge in [-0.3, -0.25) is 14.3 Å². The van der Waals surface area contributed by atoms with Crippen molar-refractivity contribution in [1.82, 2.24) is 19.5 Å². The first-order chi connectivity index (χ1) is 9.95. The Morgan fingerprint density at radius 3 is 2.62 bits per heavy atom. The van der Waals surface area contributed by atoms with Gasteiger partial charge in [0.15, 0.2) is 5.65 Å². The Bertz CT molecular complexity index is 946. The number of nitrogens with zero attached hydrogens (tertiary/aromatic N) is 2. The van der Waals surface area contributed by atoms with Crippen LogP contribution in [-0.4, -0.2) is 19.5 Å². The predicted octanol–water partition coefficient (Wildman–Crippen LogP) is 1.16. The fourth-order valence-electron chi connectivity index (χ4n) is 2.34. The van der Waals surface area contributed by atoms with Crippen LogP contribution in [0.15, 0.2) is 27.8 Å². The smallest absolute Gasteiger partial charge is 0.329 e. The van der Waals surface area contributed by atoms with Crippen molar-refractivity contribution in [3.8, 4) is 0 Å². The molecule has 0 radical (unpaired) electrons. The van der Waals surface area contributed by atoms with E-state index in [0.717, 1.165) is 5.56 Å². The number of aromatic amines is 2. The quantitative estimate of drug-likeness (QED) is 0.740. The van der Waals surface area contributed by atoms with Crippen LogP contribution in [0.25, 0.3) is 11.2 Å². The number of aryl methyl sites for hydroxylation is 3. The first-order valence-electron chi connectivity index (χ1n) is 6.70. The zero-order valence-electron chi connectivity index (χ0n) is 12.2. The van der Waals surface area contributed by atoms with Gasteiger partial charge >= 0.3 is 5.69 Å². The van der Waals surface area contributed by atoms with Gasteiger partial charge < -0.3 is 4.98 Å². The first-order valence-corrected chi connectivity index (χ1v) is 6.70. The molecule has 0 aliphatic rings. The maximum Gasteiger partial charge on any atom is 0.329 e. The lowest BCUT2D eigenvalue weighted by atomic mass is 10.0. The minimum atomic E-state index is -0.461. The SMILES string of the molecule is Cc1ccc(Cc2nc3c([nH]2)c(=O)[nH]c(=O)n3C)cc1C. The van der Waals surface area contributed by atoms with E-state index in [9.17, 15) is 9.59 Å². The van der Waals surface area contributed by atoms with Gasteiger partial charge in [0, 0.05) is 13.5 Å². The molecular formula is C15H16N4O2. The van der Waals surface area contributed by atoms with Crippen LogP contribution in [0.2, 0.25) is 0 Å². The van der Waals surface area contributed by atoms with Crippen molar-refractivity contribution < 1.29 is 0 Å². The largest absolute Gasteiger partial charge is 0.336 e. The first kappa shape index (κ1) is 13.4. The van der Waals surface area contributed by atoms with Crippen LogP contribution in [0, 0.1) is 13.8 Å². The molecule has 6 heteroatoms. The zero-order valence-corrected chi connectivity index (χ0v) is 12.2. The fourth-order valence-corrected chi connectivity index (χ4v) is 2.34. The van der Waals surface area contributed by atoms with Crippen LogP contribution in [0.5, 0.6) is 0 Å². The number of nitrogens with one attached hydrogen (secondary N) is 2. The lowest BCUT2D eigenvalue weighted by molar-refractivity contribution is 0.830. The Morgan fingerprint density at radius 1 is 1.14 bits per heavy atom. The van der Waals surface area contributed by atoms with E-state index < -0.39 is 11.2 Å². The van der Waals surface area contributed by atoms with E-state index in [2.05, 4.69) is 40.9 Å². The molecule has 3 aromatic rings. The number of imidazole rings is 1. The summed E-state index contributed by atoms with van der Waals surface area (Å²) in [5.74, 6) is 0.667. The van der Waals surface area contributed by atoms with Gasteiger partial charge in [-0.2, -0.15) is 0 Å². The lowest BCUT2D eigenvalue weighted by Gasteiger charge is -2.03. The third-order valence-corrected chi connectivity index (χ3v) is 3.75. The fraction of sp³-hybridized carbons (Fsp3) is 0.267. The molecule has 0 saturated carbocycles. The van der Waals surface area contributed by atoms with Crippen LogP contribution in [0.4, 0.5) is 0 Å². The van der Waals surface area contributed by atoms with Gasteiger partial charge in [-0.1, -0.05) is 18.2 Å². The molecule has 0 saturated heterocycles. The average molecular weight is 284 g/mol. The molecule has 108 valence electrons. The normalized spacial score (nSPS) is 11.2. The highest BCUT2D eigenvalue weighted by Crippen LogP contribution is 2.14. The molecule has 0 bridgehead atoms. The third kappa shape index (κ3) is 2.29. The molecule has 21 heavy (non-hydrogen) atoms. The van der Waals surface area contributed by atoms with Crippen molar-refractivity contribution in [1.29, 1.82) is 0 Å². The van der Waals surface area contributed by atoms with E-state index in [1.807, 2.05) is 6.07 Å². The summed E-state index contributed by atoms with van der Waals surface area (Å²) in [4.78, 5) is 33.0. The van der Waals surface area contributed by atoms with E-state index >= 15 is 0 Å². The number of fused-ring (bicyclic) bond motifs is 1. The topological polar surface area (TPSA) is 83.5 Å². The molecular weight excluding hydrogens is 268 g/mol. The van der Waals surface area contributed by atoms with Crippen molar-refractivity contribution in [2.45, 2.75) is 20.3 Å². The van der Waals surface area contributed by atoms with Gasteiger partial charge in [0.1, 0.15) is 11.3 Å². The zero-order chi connectivity index (χ0) is 15.1. The Labute approximate surface area is 120 Å². The molecule has 1 aromatic carbocycles. The minimum Gasteiger partial charge on any atom is -0.336 e. The highest BCUT2D eigenvalue weighted by Gasteiger charge is 2.11. The summed E-state index contributed by atoms with van der Waals surface area (Å²) in [6.07, 6.45) is 0.587. The van der Waals surface area contributed by atoms with E-state index in [4.69, 9.17) is 0 Å². The summed E-state index contributed by atoms with van der Waals surface area (Å²) in [7, 11) is 1.58. The summed E-state index contributed by atoms with van der Waals surface area (Å²) < 4.78 is 1.33. The molecule has 6 nitrogen and oxygen atoms in total. The third-order valence-electron chi connectivity index (χ3n) is 3.75. The summed E-state index contributed by atoms with van der Waals surface area (Å²) in [6.45, 7) is 4.13. The van der Waals surface area contributed by atoms with Crippen LogP contribution < -0.4 is 11.2 Å². The molecule has 0 aliphatic carbocycles. The van der Waals surface area contributed by atoms with Crippen LogP contribution in [0.3, 0.4) is 0 Å². The summed E-state index contributed by atoms with van der Waals surface area (Å²) in [6, 6.07) is 6.21. The van der Waals surface area contributed by atoms with Gasteiger partial charge in [-0.05, 0) is 30.5 Å². The Hall–Kier alpha value is -2.63. The average Bonchev–Trinajstić information content (AvgIpc) is 2.85. The summed E-state index contributed by atoms with van der Waals surface area (Å²) in [5.41, 5.74) is 3.37. The number of hydrogen-bond acceptors (Lipinski definition) is 3. The van der Waals surface area contributed by atoms with E-state index in [0.29, 0.717) is 23.4 Å². The van der Waals surface area contributed by atoms with Crippen molar-refractivity contribution in [2.75, 3.05) is 0 Å². The molecule has 0 spiro atoms.